The quantitative estimate of drug-likeness (QED) is 0.478. The molecule has 0 spiro atoms. The van der Waals surface area contributed by atoms with Crippen LogP contribution < -0.4 is 18.9 Å². The Kier molecular flexibility index (Phi) is 8.26. The number of ether oxygens (including phenoxy) is 6. The van der Waals surface area contributed by atoms with Gasteiger partial charge in [-0.25, -0.2) is 0 Å². The summed E-state index contributed by atoms with van der Waals surface area (Å²) in [5, 5.41) is 0. The maximum absolute atomic E-state index is 13.1. The van der Waals surface area contributed by atoms with E-state index in [1.165, 1.54) is 14.2 Å². The highest BCUT2D eigenvalue weighted by Gasteiger charge is 2.48. The van der Waals surface area contributed by atoms with Gasteiger partial charge in [0, 0.05) is 11.8 Å². The third-order valence-corrected chi connectivity index (χ3v) is 6.13. The molecule has 8 nitrogen and oxygen atoms in total. The van der Waals surface area contributed by atoms with Gasteiger partial charge >= 0.3 is 11.9 Å². The largest absolute Gasteiger partial charge is 0.493 e. The Morgan fingerprint density at radius 3 is 1.97 bits per heavy atom. The molecule has 1 aliphatic rings. The van der Waals surface area contributed by atoms with Gasteiger partial charge in [0.05, 0.1) is 54.0 Å². The van der Waals surface area contributed by atoms with Gasteiger partial charge in [-0.2, -0.15) is 0 Å². The molecule has 34 heavy (non-hydrogen) atoms. The van der Waals surface area contributed by atoms with Crippen LogP contribution in [0, 0.1) is 5.92 Å². The minimum atomic E-state index is -0.664. The molecule has 0 aliphatic heterocycles. The first kappa shape index (κ1) is 25.2. The minimum absolute atomic E-state index is 0.0189. The van der Waals surface area contributed by atoms with Crippen LogP contribution in [0.2, 0.25) is 0 Å². The molecule has 0 N–H and O–H groups in total. The molecule has 0 aromatic heterocycles. The van der Waals surface area contributed by atoms with Crippen LogP contribution in [-0.2, 0) is 19.1 Å². The summed E-state index contributed by atoms with van der Waals surface area (Å²) in [6.07, 6.45) is 0.0189. The monoisotopic (exact) mass is 472 g/mol. The lowest BCUT2D eigenvalue weighted by Crippen LogP contribution is -2.26. The van der Waals surface area contributed by atoms with Crippen molar-refractivity contribution in [2.45, 2.75) is 32.1 Å². The molecular formula is C26H32O8. The highest BCUT2D eigenvalue weighted by molar-refractivity contribution is 5.81. The number of hydrogen-bond donors (Lipinski definition) is 0. The number of benzene rings is 2. The molecule has 8 heteroatoms. The molecular weight excluding hydrogens is 440 g/mol. The lowest BCUT2D eigenvalue weighted by atomic mass is 9.81. The predicted octanol–water partition coefficient (Wildman–Crippen LogP) is 4.08. The van der Waals surface area contributed by atoms with Crippen molar-refractivity contribution in [2.75, 3.05) is 41.7 Å². The smallest absolute Gasteiger partial charge is 0.310 e. The summed E-state index contributed by atoms with van der Waals surface area (Å²) >= 11 is 0. The van der Waals surface area contributed by atoms with E-state index in [-0.39, 0.29) is 6.42 Å². The van der Waals surface area contributed by atoms with Gasteiger partial charge in [0.25, 0.3) is 0 Å². The number of rotatable bonds is 10. The van der Waals surface area contributed by atoms with E-state index in [4.69, 9.17) is 28.4 Å². The summed E-state index contributed by atoms with van der Waals surface area (Å²) in [4.78, 5) is 25.5. The van der Waals surface area contributed by atoms with E-state index in [0.29, 0.717) is 36.2 Å². The third-order valence-electron chi connectivity index (χ3n) is 6.13. The average Bonchev–Trinajstić information content (AvgIpc) is 3.16. The molecule has 0 fully saturated rings. The number of carbonyl (C=O) groups is 2. The second-order valence-corrected chi connectivity index (χ2v) is 7.82. The van der Waals surface area contributed by atoms with Gasteiger partial charge < -0.3 is 28.4 Å². The van der Waals surface area contributed by atoms with Crippen molar-refractivity contribution >= 4 is 11.9 Å². The zero-order valence-corrected chi connectivity index (χ0v) is 20.5. The van der Waals surface area contributed by atoms with Crippen molar-refractivity contribution < 1.29 is 38.0 Å². The summed E-state index contributed by atoms with van der Waals surface area (Å²) in [7, 11) is 5.81. The fraction of sp³-hybridized carbons (Fsp3) is 0.462. The zero-order valence-electron chi connectivity index (χ0n) is 20.5. The summed E-state index contributed by atoms with van der Waals surface area (Å²) in [6, 6.07) is 9.32. The van der Waals surface area contributed by atoms with E-state index in [1.807, 2.05) is 44.2 Å². The molecule has 184 valence electrons. The van der Waals surface area contributed by atoms with E-state index < -0.39 is 29.7 Å². The standard InChI is InChI=1S/C26H32O8/c1-7-33-19-10-9-15(11-20(19)29-3)24-17-13-22(34-8-2)21(30-4)12-16(17)18(14-23(27)31-5)25(24)26(28)32-6/h9-13,18,24-25H,7-8,14H2,1-6H3. The average molecular weight is 473 g/mol. The van der Waals surface area contributed by atoms with Gasteiger partial charge in [-0.15, -0.1) is 0 Å². The number of esters is 2. The molecule has 3 unspecified atom stereocenters. The SMILES string of the molecule is CCOc1ccc(C2c3cc(OCC)c(OC)cc3C(CC(=O)OC)C2C(=O)OC)cc1OC. The number of carbonyl (C=O) groups excluding carboxylic acids is 2. The first-order valence-electron chi connectivity index (χ1n) is 11.2. The molecule has 0 saturated carbocycles. The van der Waals surface area contributed by atoms with Crippen molar-refractivity contribution in [1.82, 2.24) is 0 Å². The molecule has 0 saturated heterocycles. The Labute approximate surface area is 200 Å². The normalized spacial score (nSPS) is 18.6. The Bertz CT molecular complexity index is 1030. The predicted molar refractivity (Wildman–Crippen MR) is 125 cm³/mol. The van der Waals surface area contributed by atoms with Crippen LogP contribution in [0.25, 0.3) is 0 Å². The van der Waals surface area contributed by atoms with Gasteiger partial charge in [0.2, 0.25) is 0 Å². The molecule has 1 aliphatic carbocycles. The number of hydrogen-bond acceptors (Lipinski definition) is 8. The second-order valence-electron chi connectivity index (χ2n) is 7.82. The maximum atomic E-state index is 13.1. The van der Waals surface area contributed by atoms with E-state index in [0.717, 1.165) is 16.7 Å². The van der Waals surface area contributed by atoms with Gasteiger partial charge in [-0.3, -0.25) is 9.59 Å². The lowest BCUT2D eigenvalue weighted by Gasteiger charge is -2.24. The molecule has 3 atom stereocenters. The molecule has 0 bridgehead atoms. The van der Waals surface area contributed by atoms with Crippen LogP contribution in [0.5, 0.6) is 23.0 Å². The lowest BCUT2D eigenvalue weighted by molar-refractivity contribution is -0.147. The van der Waals surface area contributed by atoms with Gasteiger partial charge in [0.1, 0.15) is 0 Å². The highest BCUT2D eigenvalue weighted by Crippen LogP contribution is 2.55. The van der Waals surface area contributed by atoms with Gasteiger partial charge in [0.15, 0.2) is 23.0 Å². The number of methoxy groups -OCH3 is 4. The van der Waals surface area contributed by atoms with E-state index >= 15 is 0 Å². The zero-order chi connectivity index (χ0) is 24.8. The van der Waals surface area contributed by atoms with E-state index in [2.05, 4.69) is 0 Å². The van der Waals surface area contributed by atoms with Gasteiger partial charge in [-0.05, 0) is 54.8 Å². The van der Waals surface area contributed by atoms with E-state index in [9.17, 15) is 9.59 Å². The molecule has 0 radical (unpaired) electrons. The molecule has 0 amide bonds. The van der Waals surface area contributed by atoms with Gasteiger partial charge in [-0.1, -0.05) is 6.07 Å². The summed E-state index contributed by atoms with van der Waals surface area (Å²) < 4.78 is 32.7. The van der Waals surface area contributed by atoms with Crippen molar-refractivity contribution in [3.05, 3.63) is 47.0 Å². The van der Waals surface area contributed by atoms with Crippen molar-refractivity contribution in [3.63, 3.8) is 0 Å². The Balaban J connectivity index is 2.25. The van der Waals surface area contributed by atoms with Crippen molar-refractivity contribution in [3.8, 4) is 23.0 Å². The van der Waals surface area contributed by atoms with Crippen LogP contribution in [0.4, 0.5) is 0 Å². The highest BCUT2D eigenvalue weighted by atomic mass is 16.5. The van der Waals surface area contributed by atoms with Crippen molar-refractivity contribution in [1.29, 1.82) is 0 Å². The maximum Gasteiger partial charge on any atom is 0.310 e. The molecule has 3 rings (SSSR count). The van der Waals surface area contributed by atoms with Crippen LogP contribution >= 0.6 is 0 Å². The summed E-state index contributed by atoms with van der Waals surface area (Å²) in [5.74, 6) is -0.116. The van der Waals surface area contributed by atoms with Crippen LogP contribution in [0.15, 0.2) is 30.3 Å². The molecule has 0 heterocycles. The Morgan fingerprint density at radius 1 is 0.765 bits per heavy atom. The van der Waals surface area contributed by atoms with Crippen LogP contribution in [-0.4, -0.2) is 53.6 Å². The first-order chi connectivity index (χ1) is 16.4. The second kappa shape index (κ2) is 11.1. The molecule has 2 aromatic carbocycles. The minimum Gasteiger partial charge on any atom is -0.493 e. The fourth-order valence-electron chi connectivity index (χ4n) is 4.70. The van der Waals surface area contributed by atoms with Crippen molar-refractivity contribution in [2.24, 2.45) is 5.92 Å². The third kappa shape index (κ3) is 4.76. The summed E-state index contributed by atoms with van der Waals surface area (Å²) in [6.45, 7) is 4.72. The number of fused-ring (bicyclic) bond motifs is 1. The summed E-state index contributed by atoms with van der Waals surface area (Å²) in [5.41, 5.74) is 2.51. The Morgan fingerprint density at radius 2 is 1.38 bits per heavy atom. The van der Waals surface area contributed by atoms with Crippen LogP contribution in [0.1, 0.15) is 48.8 Å². The van der Waals surface area contributed by atoms with Crippen LogP contribution in [0.3, 0.4) is 0 Å². The fourth-order valence-corrected chi connectivity index (χ4v) is 4.70. The topological polar surface area (TPSA) is 89.5 Å². The van der Waals surface area contributed by atoms with E-state index in [1.54, 1.807) is 14.2 Å². The Hall–Kier alpha value is -3.42. The molecule has 2 aromatic rings. The first-order valence-corrected chi connectivity index (χ1v) is 11.2.